The van der Waals surface area contributed by atoms with Gasteiger partial charge in [-0.1, -0.05) is 0 Å². The van der Waals surface area contributed by atoms with Gasteiger partial charge in [0.05, 0.1) is 12.2 Å². The van der Waals surface area contributed by atoms with Crippen molar-refractivity contribution in [3.8, 4) is 5.69 Å². The molecule has 0 fully saturated rings. The fourth-order valence-electron chi connectivity index (χ4n) is 1.33. The summed E-state index contributed by atoms with van der Waals surface area (Å²) in [5.74, 6) is -1.92. The standard InChI is InChI=1S/C10H11N5O4S/c1-10(19,9(17)18)4-11-8(16)7-6(2-3-20-7)15-5-12-13-14-15/h2-3,5,19H,4H2,1H3,(H,11,16)(H,17,18). The first-order valence-corrected chi connectivity index (χ1v) is 6.34. The molecule has 0 aliphatic heterocycles. The number of carbonyl (C=O) groups is 2. The summed E-state index contributed by atoms with van der Waals surface area (Å²) in [6.45, 7) is 0.695. The number of tetrazole rings is 1. The third kappa shape index (κ3) is 2.81. The Morgan fingerprint density at radius 2 is 2.30 bits per heavy atom. The molecule has 0 aliphatic carbocycles. The van der Waals surface area contributed by atoms with Crippen LogP contribution in [0.25, 0.3) is 5.69 Å². The average molecular weight is 297 g/mol. The van der Waals surface area contributed by atoms with E-state index >= 15 is 0 Å². The van der Waals surface area contributed by atoms with E-state index in [2.05, 4.69) is 20.8 Å². The molecule has 2 aromatic heterocycles. The van der Waals surface area contributed by atoms with Crippen molar-refractivity contribution in [2.75, 3.05) is 6.54 Å². The zero-order valence-electron chi connectivity index (χ0n) is 10.3. The zero-order chi connectivity index (χ0) is 14.8. The number of carboxylic acid groups (broad SMARTS) is 1. The van der Waals surface area contributed by atoms with Crippen molar-refractivity contribution in [1.82, 2.24) is 25.5 Å². The van der Waals surface area contributed by atoms with Gasteiger partial charge < -0.3 is 15.5 Å². The Labute approximate surface area is 116 Å². The number of aromatic nitrogens is 4. The van der Waals surface area contributed by atoms with Crippen LogP contribution in [0, 0.1) is 0 Å². The molecule has 9 nitrogen and oxygen atoms in total. The number of aliphatic hydroxyl groups is 1. The number of nitrogens with zero attached hydrogens (tertiary/aromatic N) is 4. The highest BCUT2D eigenvalue weighted by Crippen LogP contribution is 2.19. The lowest BCUT2D eigenvalue weighted by molar-refractivity contribution is -0.155. The van der Waals surface area contributed by atoms with Crippen LogP contribution in [0.2, 0.25) is 0 Å². The second-order valence-electron chi connectivity index (χ2n) is 4.15. The highest BCUT2D eigenvalue weighted by atomic mass is 32.1. The fourth-order valence-corrected chi connectivity index (χ4v) is 2.13. The van der Waals surface area contributed by atoms with Crippen molar-refractivity contribution in [3.63, 3.8) is 0 Å². The molecular formula is C10H11N5O4S. The third-order valence-electron chi connectivity index (χ3n) is 2.50. The molecule has 2 rings (SSSR count). The maximum absolute atomic E-state index is 12.0. The highest BCUT2D eigenvalue weighted by Gasteiger charge is 2.30. The number of aliphatic carboxylic acids is 1. The molecule has 20 heavy (non-hydrogen) atoms. The monoisotopic (exact) mass is 297 g/mol. The van der Waals surface area contributed by atoms with Crippen molar-refractivity contribution in [1.29, 1.82) is 0 Å². The van der Waals surface area contributed by atoms with Gasteiger partial charge in [-0.3, -0.25) is 4.79 Å². The molecule has 2 aromatic rings. The second-order valence-corrected chi connectivity index (χ2v) is 5.07. The van der Waals surface area contributed by atoms with E-state index in [1.165, 1.54) is 11.0 Å². The van der Waals surface area contributed by atoms with Crippen molar-refractivity contribution in [2.45, 2.75) is 12.5 Å². The van der Waals surface area contributed by atoms with Crippen molar-refractivity contribution in [2.24, 2.45) is 0 Å². The summed E-state index contributed by atoms with van der Waals surface area (Å²) in [7, 11) is 0. The molecule has 3 N–H and O–H groups in total. The quantitative estimate of drug-likeness (QED) is 0.664. The molecule has 0 saturated carbocycles. The minimum Gasteiger partial charge on any atom is -0.479 e. The van der Waals surface area contributed by atoms with Gasteiger partial charge in [-0.25, -0.2) is 4.79 Å². The van der Waals surface area contributed by atoms with Gasteiger partial charge in [-0.05, 0) is 28.8 Å². The molecule has 0 saturated heterocycles. The van der Waals surface area contributed by atoms with Crippen molar-refractivity contribution in [3.05, 3.63) is 22.7 Å². The Kier molecular flexibility index (Phi) is 3.77. The maximum atomic E-state index is 12.0. The Morgan fingerprint density at radius 3 is 2.90 bits per heavy atom. The Morgan fingerprint density at radius 1 is 1.55 bits per heavy atom. The van der Waals surface area contributed by atoms with Gasteiger partial charge in [0.1, 0.15) is 11.2 Å². The van der Waals surface area contributed by atoms with Crippen LogP contribution in [0.3, 0.4) is 0 Å². The van der Waals surface area contributed by atoms with E-state index in [-0.39, 0.29) is 0 Å². The minimum absolute atomic E-state index is 0.318. The minimum atomic E-state index is -2.03. The number of carbonyl (C=O) groups excluding carboxylic acids is 1. The number of amides is 1. The van der Waals surface area contributed by atoms with Gasteiger partial charge in [-0.2, -0.15) is 4.68 Å². The fraction of sp³-hybridized carbons (Fsp3) is 0.300. The molecule has 0 aromatic carbocycles. The Hall–Kier alpha value is -2.33. The van der Waals surface area contributed by atoms with Gasteiger partial charge in [-0.15, -0.1) is 16.4 Å². The molecule has 1 unspecified atom stereocenters. The number of rotatable bonds is 5. The first-order valence-electron chi connectivity index (χ1n) is 5.46. The molecule has 106 valence electrons. The van der Waals surface area contributed by atoms with Crippen LogP contribution in [0.1, 0.15) is 16.6 Å². The van der Waals surface area contributed by atoms with Crippen LogP contribution in [-0.4, -0.2) is 54.4 Å². The molecule has 1 atom stereocenters. The number of nitrogens with one attached hydrogen (secondary N) is 1. The molecule has 0 radical (unpaired) electrons. The largest absolute Gasteiger partial charge is 0.479 e. The van der Waals surface area contributed by atoms with Crippen LogP contribution in [0.5, 0.6) is 0 Å². The highest BCUT2D eigenvalue weighted by molar-refractivity contribution is 7.12. The molecule has 1 amide bonds. The van der Waals surface area contributed by atoms with Gasteiger partial charge >= 0.3 is 5.97 Å². The summed E-state index contributed by atoms with van der Waals surface area (Å²) in [5, 5.41) is 33.0. The Bertz CT molecular complexity index is 621. The van der Waals surface area contributed by atoms with E-state index in [0.717, 1.165) is 18.3 Å². The van der Waals surface area contributed by atoms with E-state index in [4.69, 9.17) is 5.11 Å². The normalized spacial score (nSPS) is 13.7. The predicted molar refractivity (Wildman–Crippen MR) is 67.6 cm³/mol. The molecule has 0 spiro atoms. The van der Waals surface area contributed by atoms with Crippen LogP contribution in [0.15, 0.2) is 17.8 Å². The van der Waals surface area contributed by atoms with Gasteiger partial charge in [0.15, 0.2) is 5.60 Å². The summed E-state index contributed by atoms with van der Waals surface area (Å²) < 4.78 is 1.32. The maximum Gasteiger partial charge on any atom is 0.337 e. The van der Waals surface area contributed by atoms with Crippen molar-refractivity contribution >= 4 is 23.2 Å². The van der Waals surface area contributed by atoms with E-state index < -0.39 is 24.0 Å². The number of carboxylic acids is 1. The van der Waals surface area contributed by atoms with Crippen LogP contribution in [-0.2, 0) is 4.79 Å². The van der Waals surface area contributed by atoms with Gasteiger partial charge in [0.25, 0.3) is 5.91 Å². The molecular weight excluding hydrogens is 286 g/mol. The summed E-state index contributed by atoms with van der Waals surface area (Å²) in [6, 6.07) is 1.66. The lowest BCUT2D eigenvalue weighted by Crippen LogP contribution is -2.46. The predicted octanol–water partition coefficient (Wildman–Crippen LogP) is -0.711. The second kappa shape index (κ2) is 5.35. The van der Waals surface area contributed by atoms with Gasteiger partial charge in [0, 0.05) is 0 Å². The number of hydrogen-bond acceptors (Lipinski definition) is 7. The lowest BCUT2D eigenvalue weighted by atomic mass is 10.1. The van der Waals surface area contributed by atoms with Crippen LogP contribution < -0.4 is 5.32 Å². The average Bonchev–Trinajstić information content (AvgIpc) is 3.05. The SMILES string of the molecule is CC(O)(CNC(=O)c1sccc1-n1cnnn1)C(=O)O. The first kappa shape index (κ1) is 14.1. The smallest absolute Gasteiger partial charge is 0.337 e. The topological polar surface area (TPSA) is 130 Å². The number of thiophene rings is 1. The van der Waals surface area contributed by atoms with E-state index in [0.29, 0.717) is 10.6 Å². The zero-order valence-corrected chi connectivity index (χ0v) is 11.2. The molecule has 0 bridgehead atoms. The van der Waals surface area contributed by atoms with Crippen molar-refractivity contribution < 1.29 is 19.8 Å². The number of hydrogen-bond donors (Lipinski definition) is 3. The van der Waals surface area contributed by atoms with Gasteiger partial charge in [0.2, 0.25) is 0 Å². The summed E-state index contributed by atoms with van der Waals surface area (Å²) in [5.41, 5.74) is -1.55. The molecule has 10 heteroatoms. The Balaban J connectivity index is 2.12. The van der Waals surface area contributed by atoms with E-state index in [1.807, 2.05) is 0 Å². The third-order valence-corrected chi connectivity index (χ3v) is 3.40. The molecule has 0 aliphatic rings. The summed E-state index contributed by atoms with van der Waals surface area (Å²) in [4.78, 5) is 23.1. The van der Waals surface area contributed by atoms with Crippen LogP contribution >= 0.6 is 11.3 Å². The first-order chi connectivity index (χ1) is 9.42. The van der Waals surface area contributed by atoms with E-state index in [1.54, 1.807) is 11.4 Å². The lowest BCUT2D eigenvalue weighted by Gasteiger charge is -2.18. The van der Waals surface area contributed by atoms with E-state index in [9.17, 15) is 14.7 Å². The summed E-state index contributed by atoms with van der Waals surface area (Å²) in [6.07, 6.45) is 1.34. The summed E-state index contributed by atoms with van der Waals surface area (Å²) >= 11 is 1.16. The van der Waals surface area contributed by atoms with Crippen LogP contribution in [0.4, 0.5) is 0 Å². The molecule has 2 heterocycles.